The first-order valence-electron chi connectivity index (χ1n) is 3.28. The van der Waals surface area contributed by atoms with Gasteiger partial charge in [0.05, 0.1) is 0 Å². The van der Waals surface area contributed by atoms with E-state index in [9.17, 15) is 0 Å². The van der Waals surface area contributed by atoms with Gasteiger partial charge < -0.3 is 0 Å². The van der Waals surface area contributed by atoms with Crippen molar-refractivity contribution in [1.82, 2.24) is 0 Å². The fourth-order valence-electron chi connectivity index (χ4n) is 0.548. The molecular formula is C8H15. The van der Waals surface area contributed by atoms with Crippen molar-refractivity contribution < 1.29 is 0 Å². The Balaban J connectivity index is 3.12. The van der Waals surface area contributed by atoms with Crippen LogP contribution in [0.5, 0.6) is 0 Å². The van der Waals surface area contributed by atoms with Gasteiger partial charge in [0.25, 0.3) is 0 Å². The fourth-order valence-corrected chi connectivity index (χ4v) is 0.548. The summed E-state index contributed by atoms with van der Waals surface area (Å²) in [4.78, 5) is 0. The molecule has 0 aliphatic carbocycles. The standard InChI is InChI=1S/C8H15/c1-4-6-7-8(3)5-2/h5H,3-4,6-7H2,1-2H3/b8-5+. The van der Waals surface area contributed by atoms with Crippen LogP contribution >= 0.6 is 0 Å². The first-order chi connectivity index (χ1) is 3.81. The molecule has 0 heterocycles. The maximum Gasteiger partial charge on any atom is -0.0283 e. The van der Waals surface area contributed by atoms with Gasteiger partial charge in [-0.25, -0.2) is 0 Å². The van der Waals surface area contributed by atoms with Crippen molar-refractivity contribution in [3.8, 4) is 0 Å². The Morgan fingerprint density at radius 1 is 1.62 bits per heavy atom. The van der Waals surface area contributed by atoms with E-state index in [1.807, 2.05) is 6.92 Å². The number of hydrogen-bond acceptors (Lipinski definition) is 0. The van der Waals surface area contributed by atoms with Crippen LogP contribution in [0, 0.1) is 6.92 Å². The van der Waals surface area contributed by atoms with E-state index in [1.54, 1.807) is 0 Å². The number of allylic oxidation sites excluding steroid dienone is 2. The molecular weight excluding hydrogens is 96.1 g/mol. The molecule has 0 aromatic heterocycles. The number of rotatable bonds is 3. The molecule has 8 heavy (non-hydrogen) atoms. The van der Waals surface area contributed by atoms with E-state index in [1.165, 1.54) is 24.8 Å². The molecule has 0 unspecified atom stereocenters. The number of hydrogen-bond donors (Lipinski definition) is 0. The summed E-state index contributed by atoms with van der Waals surface area (Å²) in [5.41, 5.74) is 1.27. The average molecular weight is 111 g/mol. The first-order valence-corrected chi connectivity index (χ1v) is 3.28. The molecule has 0 nitrogen and oxygen atoms in total. The second-order valence-corrected chi connectivity index (χ2v) is 2.05. The minimum atomic E-state index is 1.17. The van der Waals surface area contributed by atoms with Gasteiger partial charge >= 0.3 is 0 Å². The summed E-state index contributed by atoms with van der Waals surface area (Å²) < 4.78 is 0. The molecule has 0 aromatic carbocycles. The van der Waals surface area contributed by atoms with Gasteiger partial charge in [0.15, 0.2) is 0 Å². The van der Waals surface area contributed by atoms with Gasteiger partial charge in [-0.3, -0.25) is 0 Å². The third-order valence-electron chi connectivity index (χ3n) is 1.26. The highest BCUT2D eigenvalue weighted by atomic mass is 13.9. The molecule has 0 rings (SSSR count). The molecule has 0 bridgehead atoms. The maximum absolute atomic E-state index is 3.86. The van der Waals surface area contributed by atoms with E-state index >= 15 is 0 Å². The SMILES string of the molecule is [CH2]/C(=C\C)CCCC. The molecule has 0 N–H and O–H groups in total. The minimum Gasteiger partial charge on any atom is -0.0884 e. The van der Waals surface area contributed by atoms with Gasteiger partial charge in [-0.2, -0.15) is 0 Å². The van der Waals surface area contributed by atoms with Crippen molar-refractivity contribution in [2.45, 2.75) is 33.1 Å². The van der Waals surface area contributed by atoms with Crippen molar-refractivity contribution in [1.29, 1.82) is 0 Å². The molecule has 0 atom stereocenters. The molecule has 0 saturated carbocycles. The second-order valence-electron chi connectivity index (χ2n) is 2.05. The lowest BCUT2D eigenvalue weighted by atomic mass is 10.1. The van der Waals surface area contributed by atoms with Crippen LogP contribution < -0.4 is 0 Å². The Bertz CT molecular complexity index is 70.1. The monoisotopic (exact) mass is 111 g/mol. The van der Waals surface area contributed by atoms with Crippen molar-refractivity contribution in [2.75, 3.05) is 0 Å². The Labute approximate surface area is 52.6 Å². The summed E-state index contributed by atoms with van der Waals surface area (Å²) in [5.74, 6) is 0. The summed E-state index contributed by atoms with van der Waals surface area (Å²) in [6.45, 7) is 8.09. The van der Waals surface area contributed by atoms with Crippen molar-refractivity contribution >= 4 is 0 Å². The highest BCUT2D eigenvalue weighted by Gasteiger charge is 1.84. The lowest BCUT2D eigenvalue weighted by molar-refractivity contribution is 0.796. The van der Waals surface area contributed by atoms with Gasteiger partial charge in [0.1, 0.15) is 0 Å². The van der Waals surface area contributed by atoms with Crippen LogP contribution in [-0.4, -0.2) is 0 Å². The topological polar surface area (TPSA) is 0 Å². The molecule has 0 heteroatoms. The largest absolute Gasteiger partial charge is 0.0884 e. The van der Waals surface area contributed by atoms with E-state index in [0.717, 1.165) is 0 Å². The van der Waals surface area contributed by atoms with Gasteiger partial charge in [0.2, 0.25) is 0 Å². The summed E-state index contributed by atoms with van der Waals surface area (Å²) in [5, 5.41) is 0. The van der Waals surface area contributed by atoms with Crippen LogP contribution in [0.2, 0.25) is 0 Å². The van der Waals surface area contributed by atoms with Crippen molar-refractivity contribution in [3.05, 3.63) is 18.6 Å². The Kier molecular flexibility index (Phi) is 4.73. The lowest BCUT2D eigenvalue weighted by Crippen LogP contribution is -1.74. The zero-order valence-electron chi connectivity index (χ0n) is 5.91. The predicted octanol–water partition coefficient (Wildman–Crippen LogP) is 2.96. The summed E-state index contributed by atoms with van der Waals surface area (Å²) in [6, 6.07) is 0. The highest BCUT2D eigenvalue weighted by molar-refractivity contribution is 5.02. The minimum absolute atomic E-state index is 1.17. The lowest BCUT2D eigenvalue weighted by Gasteiger charge is -1.94. The molecule has 0 fully saturated rings. The smallest absolute Gasteiger partial charge is 0.0283 e. The average Bonchev–Trinajstić information content (AvgIpc) is 1.83. The van der Waals surface area contributed by atoms with E-state index in [2.05, 4.69) is 19.9 Å². The third kappa shape index (κ3) is 3.91. The predicted molar refractivity (Wildman–Crippen MR) is 38.6 cm³/mol. The van der Waals surface area contributed by atoms with E-state index < -0.39 is 0 Å². The Hall–Kier alpha value is -0.260. The summed E-state index contributed by atoms with van der Waals surface area (Å²) in [6.07, 6.45) is 5.80. The van der Waals surface area contributed by atoms with E-state index in [4.69, 9.17) is 0 Å². The fraction of sp³-hybridized carbons (Fsp3) is 0.625. The van der Waals surface area contributed by atoms with Crippen LogP contribution in [0.3, 0.4) is 0 Å². The second kappa shape index (κ2) is 4.89. The van der Waals surface area contributed by atoms with Gasteiger partial charge in [-0.05, 0) is 26.7 Å². The van der Waals surface area contributed by atoms with E-state index in [0.29, 0.717) is 0 Å². The molecule has 0 amide bonds. The molecule has 1 radical (unpaired) electrons. The molecule has 0 aromatic rings. The van der Waals surface area contributed by atoms with Crippen LogP contribution in [0.25, 0.3) is 0 Å². The highest BCUT2D eigenvalue weighted by Crippen LogP contribution is 2.03. The first kappa shape index (κ1) is 7.74. The quantitative estimate of drug-likeness (QED) is 0.525. The van der Waals surface area contributed by atoms with Crippen LogP contribution in [0.15, 0.2) is 11.6 Å². The third-order valence-corrected chi connectivity index (χ3v) is 1.26. The van der Waals surface area contributed by atoms with Gasteiger partial charge in [0, 0.05) is 0 Å². The number of unbranched alkanes of at least 4 members (excludes halogenated alkanes) is 1. The van der Waals surface area contributed by atoms with Crippen LogP contribution in [0.1, 0.15) is 33.1 Å². The van der Waals surface area contributed by atoms with Crippen molar-refractivity contribution in [2.24, 2.45) is 0 Å². The molecule has 0 aliphatic heterocycles. The zero-order chi connectivity index (χ0) is 6.41. The van der Waals surface area contributed by atoms with Crippen LogP contribution in [0.4, 0.5) is 0 Å². The normalized spacial score (nSPS) is 12.1. The van der Waals surface area contributed by atoms with Gasteiger partial charge in [-0.1, -0.05) is 25.0 Å². The molecule has 47 valence electrons. The van der Waals surface area contributed by atoms with Crippen LogP contribution in [-0.2, 0) is 0 Å². The summed E-state index contributed by atoms with van der Waals surface area (Å²) >= 11 is 0. The van der Waals surface area contributed by atoms with Crippen molar-refractivity contribution in [3.63, 3.8) is 0 Å². The maximum atomic E-state index is 3.86. The molecule has 0 spiro atoms. The Morgan fingerprint density at radius 3 is 2.62 bits per heavy atom. The molecule has 0 saturated heterocycles. The summed E-state index contributed by atoms with van der Waals surface area (Å²) in [7, 11) is 0. The Morgan fingerprint density at radius 2 is 2.25 bits per heavy atom. The zero-order valence-corrected chi connectivity index (χ0v) is 5.91. The van der Waals surface area contributed by atoms with Gasteiger partial charge in [-0.15, -0.1) is 0 Å². The molecule has 0 aliphatic rings. The van der Waals surface area contributed by atoms with E-state index in [-0.39, 0.29) is 0 Å².